The standard InChI is InChI=1S/C5H11NOS/c1-5(2)3-4-6-8-7/h4-5,8H,3H2,1-2H3/b6-4+. The van der Waals surface area contributed by atoms with E-state index in [1.165, 1.54) is 0 Å². The van der Waals surface area contributed by atoms with E-state index in [0.29, 0.717) is 5.92 Å². The Labute approximate surface area is 53.6 Å². The van der Waals surface area contributed by atoms with Crippen LogP contribution in [0, 0.1) is 5.92 Å². The van der Waals surface area contributed by atoms with Crippen LogP contribution in [0.4, 0.5) is 0 Å². The first-order chi connectivity index (χ1) is 3.77. The molecule has 0 aromatic carbocycles. The normalized spacial score (nSPS) is 11.4. The fraction of sp³-hybridized carbons (Fsp3) is 0.800. The van der Waals surface area contributed by atoms with Gasteiger partial charge in [0.25, 0.3) is 0 Å². The molecule has 0 aromatic rings. The summed E-state index contributed by atoms with van der Waals surface area (Å²) in [5, 5.41) is 0. The lowest BCUT2D eigenvalue weighted by Crippen LogP contribution is -1.85. The predicted molar refractivity (Wildman–Crippen MR) is 37.5 cm³/mol. The molecule has 0 fully saturated rings. The lowest BCUT2D eigenvalue weighted by molar-refractivity contribution is 0.688. The Balaban J connectivity index is 3.15. The Bertz CT molecular complexity index is 90.4. The maximum Gasteiger partial charge on any atom is 0.125 e. The molecule has 0 aliphatic carbocycles. The van der Waals surface area contributed by atoms with Gasteiger partial charge in [0.15, 0.2) is 0 Å². The van der Waals surface area contributed by atoms with Gasteiger partial charge >= 0.3 is 0 Å². The lowest BCUT2D eigenvalue weighted by atomic mass is 10.2. The summed E-state index contributed by atoms with van der Waals surface area (Å²) in [6.45, 7) is 4.18. The molecule has 0 saturated heterocycles. The van der Waals surface area contributed by atoms with E-state index in [1.54, 1.807) is 6.21 Å². The second-order valence-corrected chi connectivity index (χ2v) is 2.40. The summed E-state index contributed by atoms with van der Waals surface area (Å²) in [5.74, 6) is 0.612. The van der Waals surface area contributed by atoms with Crippen molar-refractivity contribution < 1.29 is 4.21 Å². The summed E-state index contributed by atoms with van der Waals surface area (Å²) in [7, 11) is 0. The highest BCUT2D eigenvalue weighted by molar-refractivity contribution is 7.64. The zero-order valence-electron chi connectivity index (χ0n) is 5.16. The van der Waals surface area contributed by atoms with Gasteiger partial charge in [-0.05, 0) is 12.3 Å². The van der Waals surface area contributed by atoms with Gasteiger partial charge in [-0.25, -0.2) is 8.61 Å². The first-order valence-corrected chi connectivity index (χ1v) is 3.38. The Morgan fingerprint density at radius 3 is 2.75 bits per heavy atom. The van der Waals surface area contributed by atoms with Crippen molar-refractivity contribution >= 4 is 18.1 Å². The van der Waals surface area contributed by atoms with Crippen molar-refractivity contribution in [3.8, 4) is 0 Å². The van der Waals surface area contributed by atoms with E-state index in [9.17, 15) is 4.21 Å². The molecule has 0 bridgehead atoms. The second-order valence-electron chi connectivity index (χ2n) is 2.01. The average molecular weight is 133 g/mol. The first-order valence-electron chi connectivity index (χ1n) is 2.61. The van der Waals surface area contributed by atoms with Gasteiger partial charge in [-0.1, -0.05) is 13.8 Å². The Morgan fingerprint density at radius 1 is 1.75 bits per heavy atom. The van der Waals surface area contributed by atoms with E-state index in [2.05, 4.69) is 18.2 Å². The van der Waals surface area contributed by atoms with E-state index < -0.39 is 0 Å². The number of hydrogen-bond donors (Lipinski definition) is 1. The molecule has 0 unspecified atom stereocenters. The summed E-state index contributed by atoms with van der Waals surface area (Å²) in [5.41, 5.74) is 0. The van der Waals surface area contributed by atoms with Crippen LogP contribution in [0.1, 0.15) is 20.3 Å². The fourth-order valence-electron chi connectivity index (χ4n) is 0.291. The van der Waals surface area contributed by atoms with Crippen LogP contribution in [-0.2, 0) is 11.9 Å². The summed E-state index contributed by atoms with van der Waals surface area (Å²) in [4.78, 5) is 0. The average Bonchev–Trinajstić information content (AvgIpc) is 1.66. The van der Waals surface area contributed by atoms with Gasteiger partial charge in [-0.15, -0.1) is 0 Å². The molecule has 0 heterocycles. The first kappa shape index (κ1) is 7.82. The quantitative estimate of drug-likeness (QED) is 0.451. The fourth-order valence-corrected chi connectivity index (χ4v) is 0.452. The molecule has 0 spiro atoms. The Hall–Kier alpha value is -0.180. The molecular weight excluding hydrogens is 122 g/mol. The predicted octanol–water partition coefficient (Wildman–Crippen LogP) is 0.964. The van der Waals surface area contributed by atoms with Crippen LogP contribution in [0.25, 0.3) is 0 Å². The largest absolute Gasteiger partial charge is 0.238 e. The summed E-state index contributed by atoms with van der Waals surface area (Å²) < 4.78 is 13.2. The van der Waals surface area contributed by atoms with Crippen LogP contribution in [0.5, 0.6) is 0 Å². The van der Waals surface area contributed by atoms with Crippen LogP contribution < -0.4 is 0 Å². The third kappa shape index (κ3) is 5.82. The zero-order valence-corrected chi connectivity index (χ0v) is 6.06. The molecule has 0 saturated carbocycles. The molecule has 0 N–H and O–H groups in total. The summed E-state index contributed by atoms with van der Waals surface area (Å²) in [6, 6.07) is 0. The maximum atomic E-state index is 9.69. The van der Waals surface area contributed by atoms with Gasteiger partial charge in [0, 0.05) is 6.21 Å². The molecule has 3 heteroatoms. The SMILES string of the molecule is CC(C)C/C=N/[SH]=O. The lowest BCUT2D eigenvalue weighted by Gasteiger charge is -1.92. The maximum absolute atomic E-state index is 9.69. The molecule has 0 radical (unpaired) electrons. The van der Waals surface area contributed by atoms with E-state index in [0.717, 1.165) is 6.42 Å². The summed E-state index contributed by atoms with van der Waals surface area (Å²) >= 11 is -0.130. The van der Waals surface area contributed by atoms with Crippen molar-refractivity contribution in [2.45, 2.75) is 20.3 Å². The van der Waals surface area contributed by atoms with E-state index in [1.807, 2.05) is 0 Å². The number of hydrogen-bond acceptors (Lipinski definition) is 1. The minimum atomic E-state index is -0.130. The minimum absolute atomic E-state index is 0.130. The Morgan fingerprint density at radius 2 is 2.38 bits per heavy atom. The van der Waals surface area contributed by atoms with Crippen LogP contribution >= 0.6 is 0 Å². The smallest absolute Gasteiger partial charge is 0.125 e. The highest BCUT2D eigenvalue weighted by Gasteiger charge is 1.85. The second kappa shape index (κ2) is 4.97. The monoisotopic (exact) mass is 133 g/mol. The summed E-state index contributed by atoms with van der Waals surface area (Å²) in [6.07, 6.45) is 2.59. The molecule has 0 rings (SSSR count). The Kier molecular flexibility index (Phi) is 4.85. The molecule has 0 aromatic heterocycles. The molecule has 48 valence electrons. The molecule has 0 aliphatic rings. The van der Waals surface area contributed by atoms with Crippen molar-refractivity contribution in [2.75, 3.05) is 0 Å². The van der Waals surface area contributed by atoms with Crippen molar-refractivity contribution in [3.63, 3.8) is 0 Å². The minimum Gasteiger partial charge on any atom is -0.238 e. The molecule has 0 atom stereocenters. The van der Waals surface area contributed by atoms with Crippen molar-refractivity contribution in [3.05, 3.63) is 0 Å². The zero-order chi connectivity index (χ0) is 6.41. The van der Waals surface area contributed by atoms with Gasteiger partial charge in [0.05, 0.1) is 0 Å². The van der Waals surface area contributed by atoms with Crippen LogP contribution in [0.15, 0.2) is 4.40 Å². The third-order valence-electron chi connectivity index (χ3n) is 0.706. The third-order valence-corrected chi connectivity index (χ3v) is 0.963. The number of rotatable bonds is 3. The number of nitrogens with zero attached hydrogens (tertiary/aromatic N) is 1. The van der Waals surface area contributed by atoms with Crippen molar-refractivity contribution in [1.82, 2.24) is 0 Å². The molecule has 8 heavy (non-hydrogen) atoms. The van der Waals surface area contributed by atoms with Gasteiger partial charge < -0.3 is 0 Å². The molecule has 0 aliphatic heterocycles. The van der Waals surface area contributed by atoms with Gasteiger partial charge in [0.2, 0.25) is 0 Å². The van der Waals surface area contributed by atoms with Crippen molar-refractivity contribution in [2.24, 2.45) is 10.3 Å². The van der Waals surface area contributed by atoms with E-state index in [-0.39, 0.29) is 11.9 Å². The van der Waals surface area contributed by atoms with E-state index in [4.69, 9.17) is 0 Å². The molecular formula is C5H11NOS. The highest BCUT2D eigenvalue weighted by atomic mass is 32.2. The number of thiol groups is 1. The van der Waals surface area contributed by atoms with E-state index >= 15 is 0 Å². The highest BCUT2D eigenvalue weighted by Crippen LogP contribution is 1.94. The molecule has 0 amide bonds. The van der Waals surface area contributed by atoms with Crippen LogP contribution in [0.2, 0.25) is 0 Å². The van der Waals surface area contributed by atoms with Crippen molar-refractivity contribution in [1.29, 1.82) is 0 Å². The molecule has 2 nitrogen and oxygen atoms in total. The topological polar surface area (TPSA) is 29.4 Å². The van der Waals surface area contributed by atoms with Gasteiger partial charge in [-0.3, -0.25) is 0 Å². The van der Waals surface area contributed by atoms with Gasteiger partial charge in [-0.2, -0.15) is 0 Å². The van der Waals surface area contributed by atoms with Crippen LogP contribution in [-0.4, -0.2) is 10.4 Å². The van der Waals surface area contributed by atoms with Gasteiger partial charge in [0.1, 0.15) is 11.9 Å². The van der Waals surface area contributed by atoms with Crippen LogP contribution in [0.3, 0.4) is 0 Å².